The van der Waals surface area contributed by atoms with Crippen LogP contribution in [-0.2, 0) is 6.18 Å². The van der Waals surface area contributed by atoms with E-state index in [1.807, 2.05) is 0 Å². The zero-order valence-corrected chi connectivity index (χ0v) is 8.17. The van der Waals surface area contributed by atoms with Gasteiger partial charge in [-0.15, -0.1) is 5.10 Å². The van der Waals surface area contributed by atoms with Crippen molar-refractivity contribution in [1.82, 2.24) is 14.6 Å². The summed E-state index contributed by atoms with van der Waals surface area (Å²) in [6.45, 7) is 0. The van der Waals surface area contributed by atoms with Gasteiger partial charge in [-0.3, -0.25) is 0 Å². The van der Waals surface area contributed by atoms with Crippen LogP contribution in [0.25, 0.3) is 5.52 Å². The number of alkyl halides is 3. The highest BCUT2D eigenvalue weighted by atomic mass is 79.9. The van der Waals surface area contributed by atoms with Gasteiger partial charge in [-0.2, -0.15) is 13.2 Å². The van der Waals surface area contributed by atoms with Crippen LogP contribution < -0.4 is 0 Å². The average molecular weight is 266 g/mol. The van der Waals surface area contributed by atoms with Gasteiger partial charge in [0.15, 0.2) is 0 Å². The molecule has 0 saturated carbocycles. The third kappa shape index (κ3) is 1.47. The van der Waals surface area contributed by atoms with Crippen LogP contribution in [0.4, 0.5) is 13.2 Å². The lowest BCUT2D eigenvalue weighted by atomic mass is 10.5. The summed E-state index contributed by atoms with van der Waals surface area (Å²) in [5, 5.41) is 3.34. The molecule has 2 aromatic rings. The molecule has 14 heavy (non-hydrogen) atoms. The van der Waals surface area contributed by atoms with E-state index >= 15 is 0 Å². The number of halogens is 4. The quantitative estimate of drug-likeness (QED) is 0.733. The molecule has 7 heteroatoms. The molecule has 0 saturated heterocycles. The van der Waals surface area contributed by atoms with E-state index in [2.05, 4.69) is 26.0 Å². The molecule has 0 aromatic carbocycles. The minimum absolute atomic E-state index is 0.459. The topological polar surface area (TPSA) is 30.2 Å². The van der Waals surface area contributed by atoms with Gasteiger partial charge >= 0.3 is 6.18 Å². The summed E-state index contributed by atoms with van der Waals surface area (Å²) in [4.78, 5) is 3.21. The van der Waals surface area contributed by atoms with Gasteiger partial charge in [0, 0.05) is 0 Å². The van der Waals surface area contributed by atoms with Crippen molar-refractivity contribution in [2.75, 3.05) is 0 Å². The molecule has 0 aliphatic carbocycles. The highest BCUT2D eigenvalue weighted by Gasteiger charge is 2.35. The Morgan fingerprint density at radius 2 is 2.00 bits per heavy atom. The lowest BCUT2D eigenvalue weighted by Crippen LogP contribution is -2.13. The zero-order valence-electron chi connectivity index (χ0n) is 6.59. The van der Waals surface area contributed by atoms with E-state index in [4.69, 9.17) is 0 Å². The number of hydrogen-bond acceptors (Lipinski definition) is 2. The van der Waals surface area contributed by atoms with Crippen molar-refractivity contribution in [2.24, 2.45) is 0 Å². The zero-order chi connectivity index (χ0) is 10.3. The van der Waals surface area contributed by atoms with E-state index in [9.17, 15) is 13.2 Å². The molecule has 0 N–H and O–H groups in total. The molecule has 2 heterocycles. The average Bonchev–Trinajstić information content (AvgIpc) is 2.46. The maximum atomic E-state index is 12.2. The Hall–Kier alpha value is -1.11. The van der Waals surface area contributed by atoms with Crippen LogP contribution in [0, 0.1) is 0 Å². The van der Waals surface area contributed by atoms with Crippen molar-refractivity contribution < 1.29 is 13.2 Å². The van der Waals surface area contributed by atoms with Gasteiger partial charge < -0.3 is 0 Å². The van der Waals surface area contributed by atoms with Crippen LogP contribution in [0.5, 0.6) is 0 Å². The Labute approximate surface area is 84.7 Å². The highest BCUT2D eigenvalue weighted by Crippen LogP contribution is 2.26. The molecule has 0 unspecified atom stereocenters. The number of aromatic nitrogens is 3. The Morgan fingerprint density at radius 3 is 2.64 bits per heavy atom. The Balaban J connectivity index is 2.66. The molecule has 3 nitrogen and oxygen atoms in total. The smallest absolute Gasteiger partial charge is 0.229 e. The largest absolute Gasteiger partial charge is 0.453 e. The van der Waals surface area contributed by atoms with Crippen LogP contribution in [0.1, 0.15) is 5.82 Å². The molecule has 0 aliphatic rings. The van der Waals surface area contributed by atoms with Crippen LogP contribution in [-0.4, -0.2) is 14.6 Å². The second kappa shape index (κ2) is 2.94. The molecule has 0 aliphatic heterocycles. The summed E-state index contributed by atoms with van der Waals surface area (Å²) in [5.41, 5.74) is 0.505. The number of rotatable bonds is 0. The first-order valence-corrected chi connectivity index (χ1v) is 4.35. The number of nitrogens with zero attached hydrogens (tertiary/aromatic N) is 3. The monoisotopic (exact) mass is 265 g/mol. The fourth-order valence-corrected chi connectivity index (χ4v) is 1.42. The van der Waals surface area contributed by atoms with Gasteiger partial charge in [0.25, 0.3) is 5.82 Å². The van der Waals surface area contributed by atoms with Crippen molar-refractivity contribution in [3.05, 3.63) is 28.8 Å². The number of hydrogen-bond donors (Lipinski definition) is 0. The van der Waals surface area contributed by atoms with E-state index in [0.29, 0.717) is 10.1 Å². The first kappa shape index (κ1) is 9.45. The van der Waals surface area contributed by atoms with E-state index < -0.39 is 12.0 Å². The second-order valence-electron chi connectivity index (χ2n) is 2.57. The molecule has 2 rings (SSSR count). The summed E-state index contributed by atoms with van der Waals surface area (Å²) in [6.07, 6.45) is -3.39. The summed E-state index contributed by atoms with van der Waals surface area (Å²) < 4.78 is 38.2. The summed E-state index contributed by atoms with van der Waals surface area (Å²) in [6, 6.07) is 3.22. The van der Waals surface area contributed by atoms with Crippen molar-refractivity contribution in [1.29, 1.82) is 0 Å². The highest BCUT2D eigenvalue weighted by molar-refractivity contribution is 9.10. The van der Waals surface area contributed by atoms with Crippen molar-refractivity contribution >= 4 is 21.4 Å². The molecule has 2 aromatic heterocycles. The van der Waals surface area contributed by atoms with Gasteiger partial charge in [0.1, 0.15) is 4.60 Å². The molecule has 74 valence electrons. The lowest BCUT2D eigenvalue weighted by Gasteiger charge is -2.04. The predicted octanol–water partition coefficient (Wildman–Crippen LogP) is 2.51. The summed E-state index contributed by atoms with van der Waals surface area (Å²) in [7, 11) is 0. The van der Waals surface area contributed by atoms with Crippen molar-refractivity contribution in [2.45, 2.75) is 6.18 Å². The second-order valence-corrected chi connectivity index (χ2v) is 3.38. The Bertz CT molecular complexity index is 476. The molecule has 0 amide bonds. The van der Waals surface area contributed by atoms with E-state index in [1.54, 1.807) is 12.1 Å². The van der Waals surface area contributed by atoms with Crippen LogP contribution in [0.3, 0.4) is 0 Å². The van der Waals surface area contributed by atoms with Crippen LogP contribution in [0.15, 0.2) is 22.9 Å². The predicted molar refractivity (Wildman–Crippen MR) is 45.7 cm³/mol. The van der Waals surface area contributed by atoms with E-state index in [0.717, 1.165) is 10.7 Å². The standard InChI is InChI=1S/C7H3BrF3N3/c8-5-2-1-4-3-12-6(7(9,10)11)13-14(4)5/h1-3H. The first-order chi connectivity index (χ1) is 6.48. The van der Waals surface area contributed by atoms with Gasteiger partial charge in [-0.25, -0.2) is 9.50 Å². The molecular weight excluding hydrogens is 263 g/mol. The Kier molecular flexibility index (Phi) is 1.99. The first-order valence-electron chi connectivity index (χ1n) is 3.56. The van der Waals surface area contributed by atoms with Gasteiger partial charge in [0.05, 0.1) is 11.7 Å². The molecule has 0 atom stereocenters. The lowest BCUT2D eigenvalue weighted by molar-refractivity contribution is -0.145. The third-order valence-corrected chi connectivity index (χ3v) is 2.21. The molecule has 0 fully saturated rings. The Morgan fingerprint density at radius 1 is 1.29 bits per heavy atom. The maximum absolute atomic E-state index is 12.2. The minimum Gasteiger partial charge on any atom is -0.229 e. The third-order valence-electron chi connectivity index (χ3n) is 1.61. The van der Waals surface area contributed by atoms with Crippen LogP contribution >= 0.6 is 15.9 Å². The molecule has 0 bridgehead atoms. The minimum atomic E-state index is -4.52. The maximum Gasteiger partial charge on any atom is 0.453 e. The fourth-order valence-electron chi connectivity index (χ4n) is 1.000. The van der Waals surface area contributed by atoms with Gasteiger partial charge in [0.2, 0.25) is 0 Å². The summed E-state index contributed by atoms with van der Waals surface area (Å²) >= 11 is 3.07. The summed E-state index contributed by atoms with van der Waals surface area (Å²) in [5.74, 6) is -1.15. The van der Waals surface area contributed by atoms with Crippen molar-refractivity contribution in [3.8, 4) is 0 Å². The van der Waals surface area contributed by atoms with Crippen molar-refractivity contribution in [3.63, 3.8) is 0 Å². The molecule has 0 spiro atoms. The van der Waals surface area contributed by atoms with Gasteiger partial charge in [-0.1, -0.05) is 0 Å². The SMILES string of the molecule is FC(F)(F)c1ncc2ccc(Br)n2n1. The van der Waals surface area contributed by atoms with E-state index in [1.165, 1.54) is 0 Å². The molecular formula is C7H3BrF3N3. The van der Waals surface area contributed by atoms with Gasteiger partial charge in [-0.05, 0) is 28.1 Å². The normalized spacial score (nSPS) is 12.3. The molecule has 0 radical (unpaired) electrons. The van der Waals surface area contributed by atoms with E-state index in [-0.39, 0.29) is 0 Å². The number of fused-ring (bicyclic) bond motifs is 1. The fraction of sp³-hybridized carbons (Fsp3) is 0.143. The van der Waals surface area contributed by atoms with Crippen LogP contribution in [0.2, 0.25) is 0 Å².